The van der Waals surface area contributed by atoms with Gasteiger partial charge in [0, 0.05) is 17.8 Å². The minimum atomic E-state index is 0.129. The fourth-order valence-corrected chi connectivity index (χ4v) is 4.62. The summed E-state index contributed by atoms with van der Waals surface area (Å²) >= 11 is 0. The lowest BCUT2D eigenvalue weighted by atomic mass is 9.55. The normalized spacial score (nSPS) is 31.9. The van der Waals surface area contributed by atoms with E-state index in [4.69, 9.17) is 0 Å². The molecule has 20 heavy (non-hydrogen) atoms. The van der Waals surface area contributed by atoms with E-state index in [-0.39, 0.29) is 11.8 Å². The van der Waals surface area contributed by atoms with Crippen molar-refractivity contribution >= 4 is 5.78 Å². The molecule has 0 amide bonds. The van der Waals surface area contributed by atoms with Gasteiger partial charge in [-0.25, -0.2) is 0 Å². The predicted molar refractivity (Wildman–Crippen MR) is 77.7 cm³/mol. The molecule has 0 saturated heterocycles. The van der Waals surface area contributed by atoms with E-state index in [9.17, 15) is 4.79 Å². The van der Waals surface area contributed by atoms with Crippen LogP contribution in [0.3, 0.4) is 0 Å². The Morgan fingerprint density at radius 1 is 0.700 bits per heavy atom. The van der Waals surface area contributed by atoms with Gasteiger partial charge in [0.15, 0.2) is 5.78 Å². The Kier molecular flexibility index (Phi) is 1.85. The molecule has 0 spiro atoms. The van der Waals surface area contributed by atoms with E-state index in [2.05, 4.69) is 54.6 Å². The molecule has 1 heteroatoms. The lowest BCUT2D eigenvalue weighted by Crippen LogP contribution is -2.39. The van der Waals surface area contributed by atoms with Crippen molar-refractivity contribution in [2.45, 2.75) is 11.8 Å². The molecular formula is C19H14O. The number of benzene rings is 2. The largest absolute Gasteiger partial charge is 0.294 e. The van der Waals surface area contributed by atoms with E-state index in [0.717, 1.165) is 0 Å². The van der Waals surface area contributed by atoms with Crippen molar-refractivity contribution in [3.8, 4) is 0 Å². The molecule has 0 aromatic heterocycles. The van der Waals surface area contributed by atoms with E-state index >= 15 is 0 Å². The predicted octanol–water partition coefficient (Wildman–Crippen LogP) is 3.65. The second-order valence-electron chi connectivity index (χ2n) is 6.08. The molecule has 4 aliphatic carbocycles. The summed E-state index contributed by atoms with van der Waals surface area (Å²) in [6, 6.07) is 17.4. The Labute approximate surface area is 117 Å². The summed E-state index contributed by atoms with van der Waals surface area (Å²) in [6.45, 7) is 0. The zero-order valence-corrected chi connectivity index (χ0v) is 11.0. The molecule has 1 nitrogen and oxygen atoms in total. The van der Waals surface area contributed by atoms with Crippen molar-refractivity contribution in [2.75, 3.05) is 0 Å². The maximum Gasteiger partial charge on any atom is 0.160 e. The van der Waals surface area contributed by atoms with Gasteiger partial charge in [-0.2, -0.15) is 0 Å². The molecule has 4 aliphatic rings. The molecule has 0 saturated carbocycles. The zero-order chi connectivity index (χ0) is 13.3. The second-order valence-corrected chi connectivity index (χ2v) is 6.08. The molecule has 6 rings (SSSR count). The molecule has 0 fully saturated rings. The highest BCUT2D eigenvalue weighted by atomic mass is 16.1. The van der Waals surface area contributed by atoms with Crippen LogP contribution in [-0.2, 0) is 4.79 Å². The molecule has 2 bridgehead atoms. The first-order chi connectivity index (χ1) is 9.86. The van der Waals surface area contributed by atoms with Gasteiger partial charge in [-0.15, -0.1) is 0 Å². The number of hydrogen-bond acceptors (Lipinski definition) is 1. The average Bonchev–Trinajstić information content (AvgIpc) is 2.90. The number of carbonyl (C=O) groups excluding carboxylic acids is 1. The number of rotatable bonds is 0. The highest BCUT2D eigenvalue weighted by Gasteiger charge is 2.52. The van der Waals surface area contributed by atoms with Crippen LogP contribution in [0.15, 0.2) is 60.7 Å². The third kappa shape index (κ3) is 1.08. The van der Waals surface area contributed by atoms with Gasteiger partial charge < -0.3 is 0 Å². The fourth-order valence-electron chi connectivity index (χ4n) is 4.62. The lowest BCUT2D eigenvalue weighted by Gasteiger charge is -2.47. The summed E-state index contributed by atoms with van der Waals surface area (Å²) in [5, 5.41) is 0. The Balaban J connectivity index is 1.88. The molecular weight excluding hydrogens is 244 g/mol. The summed E-state index contributed by atoms with van der Waals surface area (Å²) < 4.78 is 0. The van der Waals surface area contributed by atoms with Gasteiger partial charge in [-0.05, 0) is 34.2 Å². The first kappa shape index (κ1) is 10.6. The molecule has 0 aliphatic heterocycles. The van der Waals surface area contributed by atoms with E-state index in [1.807, 2.05) is 6.08 Å². The van der Waals surface area contributed by atoms with Gasteiger partial charge in [0.2, 0.25) is 0 Å². The van der Waals surface area contributed by atoms with Crippen molar-refractivity contribution < 1.29 is 4.79 Å². The molecule has 0 heterocycles. The quantitative estimate of drug-likeness (QED) is 0.705. The molecule has 2 atom stereocenters. The Morgan fingerprint density at radius 3 is 1.75 bits per heavy atom. The van der Waals surface area contributed by atoms with E-state index < -0.39 is 0 Å². The van der Waals surface area contributed by atoms with Crippen LogP contribution in [-0.4, -0.2) is 5.78 Å². The maximum atomic E-state index is 12.3. The van der Waals surface area contributed by atoms with Crippen molar-refractivity contribution in [2.24, 2.45) is 11.8 Å². The van der Waals surface area contributed by atoms with Crippen LogP contribution in [0, 0.1) is 11.8 Å². The summed E-state index contributed by atoms with van der Waals surface area (Å²) in [7, 11) is 0. The van der Waals surface area contributed by atoms with Crippen LogP contribution in [0.2, 0.25) is 0 Å². The van der Waals surface area contributed by atoms with Crippen LogP contribution in [0.1, 0.15) is 34.1 Å². The standard InChI is InChI=1S/C19H14O/c20-16-10-9-15-17-11-5-1-3-7-13(11)18(19(15)16)14-8-4-2-6-12(14)17/h1-10,15,17-19H. The summed E-state index contributed by atoms with van der Waals surface area (Å²) in [5.74, 6) is 1.41. The minimum Gasteiger partial charge on any atom is -0.294 e. The van der Waals surface area contributed by atoms with Gasteiger partial charge >= 0.3 is 0 Å². The smallest absolute Gasteiger partial charge is 0.160 e. The van der Waals surface area contributed by atoms with Gasteiger partial charge in [-0.3, -0.25) is 4.79 Å². The summed E-state index contributed by atoms with van der Waals surface area (Å²) in [5.41, 5.74) is 5.60. The lowest BCUT2D eigenvalue weighted by molar-refractivity contribution is -0.119. The number of hydrogen-bond donors (Lipinski definition) is 0. The van der Waals surface area contributed by atoms with E-state index in [1.54, 1.807) is 0 Å². The molecule has 2 aromatic rings. The number of allylic oxidation sites excluding steroid dienone is 2. The monoisotopic (exact) mass is 258 g/mol. The van der Waals surface area contributed by atoms with Crippen LogP contribution in [0.4, 0.5) is 0 Å². The third-order valence-corrected chi connectivity index (χ3v) is 5.30. The van der Waals surface area contributed by atoms with Crippen LogP contribution < -0.4 is 0 Å². The van der Waals surface area contributed by atoms with E-state index in [0.29, 0.717) is 17.6 Å². The van der Waals surface area contributed by atoms with E-state index in [1.165, 1.54) is 22.3 Å². The SMILES string of the molecule is O=C1C=CC2C3c4ccccc4C(c4ccccc43)C12. The molecule has 2 aromatic carbocycles. The Bertz CT molecular complexity index is 723. The Morgan fingerprint density at radius 2 is 1.20 bits per heavy atom. The van der Waals surface area contributed by atoms with Crippen LogP contribution >= 0.6 is 0 Å². The van der Waals surface area contributed by atoms with Crippen molar-refractivity contribution in [1.82, 2.24) is 0 Å². The topological polar surface area (TPSA) is 17.1 Å². The molecule has 96 valence electrons. The molecule has 0 N–H and O–H groups in total. The average molecular weight is 258 g/mol. The number of carbonyl (C=O) groups is 1. The summed E-state index contributed by atoms with van der Waals surface area (Å²) in [4.78, 5) is 12.3. The Hall–Kier alpha value is -2.15. The first-order valence-corrected chi connectivity index (χ1v) is 7.26. The van der Waals surface area contributed by atoms with Crippen molar-refractivity contribution in [3.63, 3.8) is 0 Å². The van der Waals surface area contributed by atoms with Gasteiger partial charge in [-0.1, -0.05) is 54.6 Å². The fraction of sp³-hybridized carbons (Fsp3) is 0.211. The van der Waals surface area contributed by atoms with Crippen molar-refractivity contribution in [3.05, 3.63) is 82.9 Å². The van der Waals surface area contributed by atoms with Gasteiger partial charge in [0.1, 0.15) is 0 Å². The first-order valence-electron chi connectivity index (χ1n) is 7.26. The summed E-state index contributed by atoms with van der Waals surface area (Å²) in [6.07, 6.45) is 3.96. The minimum absolute atomic E-state index is 0.129. The molecule has 0 radical (unpaired) electrons. The third-order valence-electron chi connectivity index (χ3n) is 5.30. The molecule has 2 unspecified atom stereocenters. The van der Waals surface area contributed by atoms with Gasteiger partial charge in [0.05, 0.1) is 0 Å². The highest BCUT2D eigenvalue weighted by Crippen LogP contribution is 2.60. The van der Waals surface area contributed by atoms with Crippen molar-refractivity contribution in [1.29, 1.82) is 0 Å². The zero-order valence-electron chi connectivity index (χ0n) is 11.0. The number of ketones is 1. The van der Waals surface area contributed by atoms with Gasteiger partial charge in [0.25, 0.3) is 0 Å². The second kappa shape index (κ2) is 3.49. The maximum absolute atomic E-state index is 12.3. The van der Waals surface area contributed by atoms with Crippen LogP contribution in [0.25, 0.3) is 0 Å². The highest BCUT2D eigenvalue weighted by molar-refractivity contribution is 5.97. The van der Waals surface area contributed by atoms with Crippen LogP contribution in [0.5, 0.6) is 0 Å².